The second kappa shape index (κ2) is 31.0. The zero-order valence-electron chi connectivity index (χ0n) is 53.8. The fraction of sp³-hybridized carbons (Fsp3) is 0. The molecule has 4 radical (unpaired) electrons. The molecule has 1 unspecified atom stereocenters. The Labute approximate surface area is 654 Å². The largest absolute Gasteiger partial charge is 0.456 e. The van der Waals surface area contributed by atoms with Crippen LogP contribution in [-0.2, 0) is 101 Å². The molecule has 0 saturated carbocycles. The van der Waals surface area contributed by atoms with E-state index < -0.39 is 20.6 Å². The van der Waals surface area contributed by atoms with Crippen LogP contribution in [0.1, 0.15) is 0 Å². The van der Waals surface area contributed by atoms with Crippen molar-refractivity contribution in [2.75, 3.05) is 0 Å². The molecule has 0 fully saturated rings. The third-order valence-electron chi connectivity index (χ3n) is 17.5. The standard InChI is InChI=1S/C21H13N2O2S.C21H13N2OS.C21H13N2O.C21H13N2S.4Ir/c24-26(25)20-9-5-4-8-18(20)19-12-15(10-11-21(19)26)16-13-22-23(14-16)17-6-2-1-3-7-17;24-25-20-9-5-4-8-18(20)19-12-15(10-11-21(19)25)16-13-22-23(14-16)17-6-2-1-3-7-17;2*1-2-6-17(7-3-1)23-14-16(13-22-23)15-10-11-21-19(12-15)18-8-4-5-9-20(18)24-21;;;;/h1-6,8-14H;1-6,8-14H;2*1-6,8-14H;;;;/q4*-1;;;;. The molecule has 19 heteroatoms. The molecule has 20 rings (SSSR count). The SMILES string of the molecule is O=S1(=O)c2ccccc2-c2cc(-c3cnn(-c4[c-]cccc4)c3)ccc21.O=S1c2ccccc2-c2cc(-c3cnn(-c4[c-]cccc4)c3)ccc21.[Ir].[Ir].[Ir].[Ir].[c-]1ccccc1-n1cc(-c2ccc3oc4ccccc4c3c2)cn1.[c-]1ccccc1-n1cc(-c2ccc3sc4ccccc4c3c2)cn1. The molecule has 8 heterocycles. The molecule has 6 aromatic heterocycles. The van der Waals surface area contributed by atoms with Gasteiger partial charge in [0.1, 0.15) is 11.2 Å². The minimum atomic E-state index is -3.43. The molecule has 0 saturated heterocycles. The van der Waals surface area contributed by atoms with Crippen LogP contribution in [0.15, 0.2) is 340 Å². The van der Waals surface area contributed by atoms with E-state index in [1.165, 1.54) is 25.7 Å². The van der Waals surface area contributed by atoms with Crippen LogP contribution < -0.4 is 0 Å². The van der Waals surface area contributed by atoms with Gasteiger partial charge in [-0.3, -0.25) is 18.7 Å². The number of hydrogen-bond acceptors (Lipinski definition) is 9. The van der Waals surface area contributed by atoms with Gasteiger partial charge in [-0.2, -0.15) is 117 Å². The Bertz CT molecular complexity index is 6010. The number of rotatable bonds is 8. The van der Waals surface area contributed by atoms with E-state index in [0.717, 1.165) is 116 Å². The molecular weight excluding hydrogens is 2050 g/mol. The number of thiophene rings is 1. The van der Waals surface area contributed by atoms with E-state index in [1.807, 2.05) is 245 Å². The molecule has 12 aromatic carbocycles. The van der Waals surface area contributed by atoms with E-state index in [2.05, 4.69) is 118 Å². The first kappa shape index (κ1) is 71.6. The summed E-state index contributed by atoms with van der Waals surface area (Å²) in [7, 11) is -4.52. The molecule has 0 aliphatic carbocycles. The number of sulfone groups is 1. The van der Waals surface area contributed by atoms with Crippen LogP contribution in [0.25, 0.3) is 132 Å². The Balaban J connectivity index is 0.000000121. The third-order valence-corrected chi connectivity index (χ3v) is 22.0. The third kappa shape index (κ3) is 14.2. The first-order valence-electron chi connectivity index (χ1n) is 31.8. The molecule has 1 atom stereocenters. The summed E-state index contributed by atoms with van der Waals surface area (Å²) in [4.78, 5) is 2.52. The van der Waals surface area contributed by atoms with Crippen molar-refractivity contribution in [3.8, 4) is 89.5 Å². The maximum absolute atomic E-state index is 12.7. The van der Waals surface area contributed by atoms with Crippen molar-refractivity contribution >= 4 is 74.1 Å². The molecule has 0 amide bonds. The minimum absolute atomic E-state index is 0. The quantitative estimate of drug-likeness (QED) is 0.137. The van der Waals surface area contributed by atoms with Crippen molar-refractivity contribution in [1.82, 2.24) is 39.1 Å². The normalized spacial score (nSPS) is 12.4. The van der Waals surface area contributed by atoms with Gasteiger partial charge >= 0.3 is 0 Å². The summed E-state index contributed by atoms with van der Waals surface area (Å²) < 4.78 is 53.8. The van der Waals surface area contributed by atoms with Crippen LogP contribution in [-0.4, -0.2) is 51.7 Å². The Morgan fingerprint density at radius 3 is 1.28 bits per heavy atom. The van der Waals surface area contributed by atoms with Crippen LogP contribution in [0, 0.1) is 24.3 Å². The van der Waals surface area contributed by atoms with E-state index in [4.69, 9.17) is 4.42 Å². The van der Waals surface area contributed by atoms with Gasteiger partial charge in [-0.25, -0.2) is 12.6 Å². The Morgan fingerprint density at radius 1 is 0.330 bits per heavy atom. The summed E-state index contributed by atoms with van der Waals surface area (Å²) in [6.07, 6.45) is 15.4. The summed E-state index contributed by atoms with van der Waals surface area (Å²) in [5.41, 5.74) is 17.5. The van der Waals surface area contributed by atoms with Gasteiger partial charge in [0.15, 0.2) is 0 Å². The van der Waals surface area contributed by atoms with Crippen LogP contribution in [0.2, 0.25) is 0 Å². The summed E-state index contributed by atoms with van der Waals surface area (Å²) in [6.45, 7) is 0. The fourth-order valence-corrected chi connectivity index (χ4v) is 16.7. The summed E-state index contributed by atoms with van der Waals surface area (Å²) in [5, 5.41) is 22.7. The molecule has 2 aliphatic heterocycles. The van der Waals surface area contributed by atoms with E-state index >= 15 is 0 Å². The summed E-state index contributed by atoms with van der Waals surface area (Å²) in [5.74, 6) is 0. The van der Waals surface area contributed by atoms with Crippen LogP contribution in [0.5, 0.6) is 0 Å². The second-order valence-corrected chi connectivity index (χ2v) is 27.9. The number of furan rings is 1. The van der Waals surface area contributed by atoms with Crippen molar-refractivity contribution in [2.24, 2.45) is 0 Å². The van der Waals surface area contributed by atoms with Gasteiger partial charge in [-0.15, -0.1) is 35.6 Å². The molecule has 103 heavy (non-hydrogen) atoms. The zero-order valence-corrected chi connectivity index (χ0v) is 65.8. The minimum Gasteiger partial charge on any atom is -0.456 e. The Morgan fingerprint density at radius 2 is 0.728 bits per heavy atom. The number of aromatic nitrogens is 8. The van der Waals surface area contributed by atoms with Crippen molar-refractivity contribution in [2.45, 2.75) is 19.6 Å². The van der Waals surface area contributed by atoms with Gasteiger partial charge in [0.2, 0.25) is 9.84 Å². The topological polar surface area (TPSA) is 136 Å². The van der Waals surface area contributed by atoms with E-state index in [0.29, 0.717) is 9.79 Å². The number of para-hydroxylation sites is 5. The van der Waals surface area contributed by atoms with Gasteiger partial charge < -0.3 is 4.42 Å². The van der Waals surface area contributed by atoms with Gasteiger partial charge in [0.25, 0.3) is 0 Å². The molecule has 18 aromatic rings. The predicted octanol–water partition coefficient (Wildman–Crippen LogP) is 19.6. The molecule has 12 nitrogen and oxygen atoms in total. The smallest absolute Gasteiger partial charge is 0.207 e. The fourth-order valence-electron chi connectivity index (χ4n) is 12.6. The van der Waals surface area contributed by atoms with Crippen molar-refractivity contribution < 1.29 is 97.5 Å². The van der Waals surface area contributed by atoms with Gasteiger partial charge in [0, 0.05) is 175 Å². The molecular formula is C84H52Ir4N8O4S3-4. The first-order valence-corrected chi connectivity index (χ1v) is 35.2. The Hall–Kier alpha value is -9.80. The van der Waals surface area contributed by atoms with E-state index in [1.54, 1.807) is 29.1 Å². The zero-order chi connectivity index (χ0) is 66.4. The maximum atomic E-state index is 12.7. The van der Waals surface area contributed by atoms with Gasteiger partial charge in [-0.05, 0) is 123 Å². The average molecular weight is 2100 g/mol. The molecule has 0 N–H and O–H groups in total. The van der Waals surface area contributed by atoms with Crippen molar-refractivity contribution in [1.29, 1.82) is 0 Å². The predicted molar refractivity (Wildman–Crippen MR) is 393 cm³/mol. The second-order valence-electron chi connectivity index (χ2n) is 23.5. The number of hydrogen-bond donors (Lipinski definition) is 0. The van der Waals surface area contributed by atoms with E-state index in [9.17, 15) is 12.6 Å². The van der Waals surface area contributed by atoms with Crippen LogP contribution in [0.4, 0.5) is 0 Å². The van der Waals surface area contributed by atoms with E-state index in [-0.39, 0.29) is 80.4 Å². The monoisotopic (exact) mass is 2100 g/mol. The maximum Gasteiger partial charge on any atom is 0.207 e. The number of nitrogens with zero attached hydrogens (tertiary/aromatic N) is 8. The first-order chi connectivity index (χ1) is 48.7. The molecule has 510 valence electrons. The molecule has 0 bridgehead atoms. The number of benzene rings is 12. The Kier molecular flexibility index (Phi) is 21.6. The summed E-state index contributed by atoms with van der Waals surface area (Å²) in [6, 6.07) is 99.9. The van der Waals surface area contributed by atoms with Crippen LogP contribution >= 0.6 is 11.3 Å². The van der Waals surface area contributed by atoms with Gasteiger partial charge in [0.05, 0.1) is 55.2 Å². The number of fused-ring (bicyclic) bond motifs is 12. The molecule has 2 aliphatic rings. The van der Waals surface area contributed by atoms with Crippen molar-refractivity contribution in [3.63, 3.8) is 0 Å². The van der Waals surface area contributed by atoms with Crippen molar-refractivity contribution in [3.05, 3.63) is 341 Å². The molecule has 0 spiro atoms. The summed E-state index contributed by atoms with van der Waals surface area (Å²) >= 11 is 1.84. The van der Waals surface area contributed by atoms with Crippen LogP contribution in [0.3, 0.4) is 0 Å². The average Bonchev–Trinajstić information content (AvgIpc) is 1.59. The van der Waals surface area contributed by atoms with Gasteiger partial charge in [-0.1, -0.05) is 97.1 Å².